The first kappa shape index (κ1) is 23.4. The molecule has 0 fully saturated rings. The van der Waals surface area contributed by atoms with Crippen LogP contribution >= 0.6 is 11.6 Å². The molecule has 3 nitrogen and oxygen atoms in total. The van der Waals surface area contributed by atoms with Crippen molar-refractivity contribution in [2.75, 3.05) is 19.1 Å². The fraction of sp³-hybridized carbons (Fsp3) is 0.357. The second-order valence-electron chi connectivity index (χ2n) is 9.71. The van der Waals surface area contributed by atoms with Gasteiger partial charge in [0.15, 0.2) is 11.5 Å². The molecular weight excluding hydrogens is 437 g/mol. The van der Waals surface area contributed by atoms with Crippen LogP contribution in [0.25, 0.3) is 0 Å². The van der Waals surface area contributed by atoms with E-state index in [1.165, 1.54) is 11.6 Å². The van der Waals surface area contributed by atoms with Gasteiger partial charge in [-0.2, -0.15) is 0 Å². The van der Waals surface area contributed by atoms with Crippen LogP contribution in [0.5, 0.6) is 11.5 Å². The van der Waals surface area contributed by atoms with Crippen LogP contribution in [-0.2, 0) is 11.8 Å². The summed E-state index contributed by atoms with van der Waals surface area (Å²) in [4.78, 5) is 2.11. The Morgan fingerprint density at radius 3 is 2.18 bits per heavy atom. The zero-order valence-electron chi connectivity index (χ0n) is 20.1. The van der Waals surface area contributed by atoms with Crippen LogP contribution < -0.4 is 14.4 Å². The standard InChI is InChI=1S/C28H31ClFNO2/c1-17-14-19-15-24(32-5)25(33-6)16-21(19)26(18-10-12-20(13-11-18)28(2,3)4)31(17)27-22(29)8-7-9-23(27)30/h7-13,15-17,26H,14H2,1-6H3. The summed E-state index contributed by atoms with van der Waals surface area (Å²) < 4.78 is 26.4. The average molecular weight is 468 g/mol. The fourth-order valence-electron chi connectivity index (χ4n) is 4.78. The van der Waals surface area contributed by atoms with Gasteiger partial charge in [0.05, 0.1) is 31.0 Å². The predicted molar refractivity (Wildman–Crippen MR) is 134 cm³/mol. The number of nitrogens with zero attached hydrogens (tertiary/aromatic N) is 1. The first-order chi connectivity index (χ1) is 15.7. The van der Waals surface area contributed by atoms with Gasteiger partial charge in [-0.25, -0.2) is 4.39 Å². The second-order valence-corrected chi connectivity index (χ2v) is 10.1. The van der Waals surface area contributed by atoms with Crippen molar-refractivity contribution in [1.29, 1.82) is 0 Å². The van der Waals surface area contributed by atoms with Gasteiger partial charge >= 0.3 is 0 Å². The van der Waals surface area contributed by atoms with Gasteiger partial charge in [-0.05, 0) is 65.3 Å². The molecule has 0 aromatic heterocycles. The molecule has 3 aromatic rings. The quantitative estimate of drug-likeness (QED) is 0.400. The predicted octanol–water partition coefficient (Wildman–Crippen LogP) is 7.33. The molecule has 0 N–H and O–H groups in total. The molecule has 1 heterocycles. The fourth-order valence-corrected chi connectivity index (χ4v) is 5.04. The second kappa shape index (κ2) is 8.90. The van der Waals surface area contributed by atoms with Gasteiger partial charge in [-0.15, -0.1) is 0 Å². The third-order valence-corrected chi connectivity index (χ3v) is 6.80. The molecule has 33 heavy (non-hydrogen) atoms. The lowest BCUT2D eigenvalue weighted by molar-refractivity contribution is 0.352. The molecular formula is C28H31ClFNO2. The molecule has 4 rings (SSSR count). The first-order valence-electron chi connectivity index (χ1n) is 11.2. The van der Waals surface area contributed by atoms with E-state index in [9.17, 15) is 0 Å². The summed E-state index contributed by atoms with van der Waals surface area (Å²) in [7, 11) is 3.28. The highest BCUT2D eigenvalue weighted by molar-refractivity contribution is 6.33. The highest BCUT2D eigenvalue weighted by Crippen LogP contribution is 2.47. The Morgan fingerprint density at radius 1 is 0.970 bits per heavy atom. The van der Waals surface area contributed by atoms with Crippen LogP contribution in [0.15, 0.2) is 54.6 Å². The molecule has 0 spiro atoms. The van der Waals surface area contributed by atoms with Crippen LogP contribution in [0, 0.1) is 5.82 Å². The molecule has 0 amide bonds. The van der Waals surface area contributed by atoms with Gasteiger partial charge < -0.3 is 14.4 Å². The minimum atomic E-state index is -0.324. The minimum absolute atomic E-state index is 0.0114. The van der Waals surface area contributed by atoms with Crippen LogP contribution in [0.3, 0.4) is 0 Å². The van der Waals surface area contributed by atoms with E-state index >= 15 is 4.39 Å². The Labute approximate surface area is 201 Å². The van der Waals surface area contributed by atoms with Crippen LogP contribution in [0.2, 0.25) is 5.02 Å². The van der Waals surface area contributed by atoms with E-state index in [-0.39, 0.29) is 23.3 Å². The smallest absolute Gasteiger partial charge is 0.161 e. The molecule has 0 radical (unpaired) electrons. The summed E-state index contributed by atoms with van der Waals surface area (Å²) in [5, 5.41) is 0.405. The number of para-hydroxylation sites is 1. The average Bonchev–Trinajstić information content (AvgIpc) is 2.77. The van der Waals surface area contributed by atoms with Crippen LogP contribution in [-0.4, -0.2) is 20.3 Å². The van der Waals surface area contributed by atoms with Crippen molar-refractivity contribution in [1.82, 2.24) is 0 Å². The highest BCUT2D eigenvalue weighted by Gasteiger charge is 2.37. The van der Waals surface area contributed by atoms with Crippen molar-refractivity contribution in [2.24, 2.45) is 0 Å². The van der Waals surface area contributed by atoms with Crippen molar-refractivity contribution in [3.8, 4) is 11.5 Å². The van der Waals surface area contributed by atoms with Crippen molar-refractivity contribution >= 4 is 17.3 Å². The number of benzene rings is 3. The van der Waals surface area contributed by atoms with E-state index in [1.807, 2.05) is 12.1 Å². The normalized spacial score (nSPS) is 18.1. The first-order valence-corrected chi connectivity index (χ1v) is 11.6. The lowest BCUT2D eigenvalue weighted by atomic mass is 9.82. The van der Waals surface area contributed by atoms with E-state index in [4.69, 9.17) is 21.1 Å². The SMILES string of the molecule is COc1cc2c(cc1OC)C(c1ccc(C(C)(C)C)cc1)N(c1c(F)cccc1Cl)C(C)C2. The minimum Gasteiger partial charge on any atom is -0.493 e. The number of hydrogen-bond acceptors (Lipinski definition) is 3. The maximum atomic E-state index is 15.2. The lowest BCUT2D eigenvalue weighted by Crippen LogP contribution is -2.43. The lowest BCUT2D eigenvalue weighted by Gasteiger charge is -2.44. The number of methoxy groups -OCH3 is 2. The summed E-state index contributed by atoms with van der Waals surface area (Å²) in [5.74, 6) is 1.03. The molecule has 2 atom stereocenters. The number of ether oxygens (including phenoxy) is 2. The number of halogens is 2. The van der Waals surface area contributed by atoms with E-state index in [0.29, 0.717) is 22.2 Å². The van der Waals surface area contributed by atoms with Crippen molar-refractivity contribution < 1.29 is 13.9 Å². The summed E-state index contributed by atoms with van der Waals surface area (Å²) in [6.45, 7) is 8.70. The third kappa shape index (κ3) is 4.29. The zero-order chi connectivity index (χ0) is 23.9. The molecule has 1 aliphatic heterocycles. The molecule has 0 aliphatic carbocycles. The number of hydrogen-bond donors (Lipinski definition) is 0. The molecule has 2 unspecified atom stereocenters. The number of anilines is 1. The Balaban J connectivity index is 1.96. The van der Waals surface area contributed by atoms with Gasteiger partial charge in [0.1, 0.15) is 5.82 Å². The van der Waals surface area contributed by atoms with Gasteiger partial charge in [-0.1, -0.05) is 62.7 Å². The van der Waals surface area contributed by atoms with Crippen molar-refractivity contribution in [2.45, 2.75) is 51.6 Å². The molecule has 0 bridgehead atoms. The number of rotatable bonds is 4. The van der Waals surface area contributed by atoms with Crippen molar-refractivity contribution in [3.05, 3.63) is 87.7 Å². The molecule has 0 saturated carbocycles. The monoisotopic (exact) mass is 467 g/mol. The highest BCUT2D eigenvalue weighted by atomic mass is 35.5. The maximum absolute atomic E-state index is 15.2. The van der Waals surface area contributed by atoms with E-state index < -0.39 is 0 Å². The summed E-state index contributed by atoms with van der Waals surface area (Å²) in [6, 6.07) is 17.3. The van der Waals surface area contributed by atoms with Gasteiger partial charge in [0.2, 0.25) is 0 Å². The number of fused-ring (bicyclic) bond motifs is 1. The zero-order valence-corrected chi connectivity index (χ0v) is 20.8. The molecule has 0 saturated heterocycles. The summed E-state index contributed by atoms with van der Waals surface area (Å²) in [5.41, 5.74) is 5.02. The molecule has 3 aromatic carbocycles. The van der Waals surface area contributed by atoms with Crippen LogP contribution in [0.1, 0.15) is 56.0 Å². The Hall–Kier alpha value is -2.72. The third-order valence-electron chi connectivity index (χ3n) is 6.50. The van der Waals surface area contributed by atoms with E-state index in [1.54, 1.807) is 26.4 Å². The maximum Gasteiger partial charge on any atom is 0.161 e. The van der Waals surface area contributed by atoms with Gasteiger partial charge in [0, 0.05) is 6.04 Å². The molecule has 5 heteroatoms. The van der Waals surface area contributed by atoms with Crippen LogP contribution in [0.4, 0.5) is 10.1 Å². The molecule has 1 aliphatic rings. The Morgan fingerprint density at radius 2 is 1.61 bits per heavy atom. The van der Waals surface area contributed by atoms with Gasteiger partial charge in [0.25, 0.3) is 0 Å². The Bertz CT molecular complexity index is 1130. The Kier molecular flexibility index (Phi) is 6.32. The van der Waals surface area contributed by atoms with Gasteiger partial charge in [-0.3, -0.25) is 0 Å². The summed E-state index contributed by atoms with van der Waals surface area (Å²) in [6.07, 6.45) is 0.733. The summed E-state index contributed by atoms with van der Waals surface area (Å²) >= 11 is 6.57. The topological polar surface area (TPSA) is 21.7 Å². The van der Waals surface area contributed by atoms with E-state index in [0.717, 1.165) is 23.1 Å². The largest absolute Gasteiger partial charge is 0.493 e. The molecule has 174 valence electrons. The van der Waals surface area contributed by atoms with E-state index in [2.05, 4.69) is 56.9 Å². The van der Waals surface area contributed by atoms with Crippen molar-refractivity contribution in [3.63, 3.8) is 0 Å².